The van der Waals surface area contributed by atoms with Gasteiger partial charge < -0.3 is 20.1 Å². The van der Waals surface area contributed by atoms with Crippen LogP contribution in [-0.4, -0.2) is 70.2 Å². The minimum Gasteiger partial charge on any atom is -0.497 e. The van der Waals surface area contributed by atoms with Crippen molar-refractivity contribution in [3.63, 3.8) is 0 Å². The van der Waals surface area contributed by atoms with Crippen molar-refractivity contribution in [3.8, 4) is 11.5 Å². The minimum absolute atomic E-state index is 0.121. The summed E-state index contributed by atoms with van der Waals surface area (Å²) < 4.78 is 34.8. The molecule has 0 aliphatic carbocycles. The number of aromatic nitrogens is 1. The van der Waals surface area contributed by atoms with Crippen molar-refractivity contribution in [2.24, 2.45) is 5.92 Å². The van der Waals surface area contributed by atoms with Gasteiger partial charge in [0.05, 0.1) is 41.6 Å². The van der Waals surface area contributed by atoms with Crippen LogP contribution in [0.2, 0.25) is 0 Å². The van der Waals surface area contributed by atoms with Crippen LogP contribution >= 0.6 is 11.3 Å². The van der Waals surface area contributed by atoms with Gasteiger partial charge in [-0.15, -0.1) is 0 Å². The number of likely N-dealkylation sites (tertiary alicyclic amines) is 1. The summed E-state index contributed by atoms with van der Waals surface area (Å²) in [6, 6.07) is 9.91. The smallest absolute Gasteiger partial charge is 0.238 e. The van der Waals surface area contributed by atoms with Crippen LogP contribution in [-0.2, 0) is 19.4 Å². The normalized spacial score (nSPS) is 15.0. The van der Waals surface area contributed by atoms with Gasteiger partial charge in [-0.2, -0.15) is 0 Å². The number of nitrogens with one attached hydrogen (secondary N) is 2. The fourth-order valence-corrected chi connectivity index (χ4v) is 5.67. The number of fused-ring (bicyclic) bond motifs is 1. The SMILES string of the molecule is COc1ccc(NC(=O)CN2CCC(C(=O)Nc3nc4ccc(S(C)(=O)=O)cc4s3)CC2)c(OC)c1. The fraction of sp³-hybridized carbons (Fsp3) is 0.375. The predicted molar refractivity (Wildman–Crippen MR) is 139 cm³/mol. The van der Waals surface area contributed by atoms with Gasteiger partial charge >= 0.3 is 0 Å². The zero-order valence-corrected chi connectivity index (χ0v) is 21.9. The Bertz CT molecular complexity index is 1380. The van der Waals surface area contributed by atoms with Gasteiger partial charge in [-0.25, -0.2) is 13.4 Å². The zero-order chi connectivity index (χ0) is 25.9. The van der Waals surface area contributed by atoms with Crippen LogP contribution < -0.4 is 20.1 Å². The van der Waals surface area contributed by atoms with E-state index in [4.69, 9.17) is 9.47 Å². The molecule has 1 aromatic heterocycles. The molecule has 4 rings (SSSR count). The highest BCUT2D eigenvalue weighted by Gasteiger charge is 2.27. The number of hydrogen-bond donors (Lipinski definition) is 2. The molecule has 0 saturated carbocycles. The van der Waals surface area contributed by atoms with E-state index in [0.717, 1.165) is 6.26 Å². The third kappa shape index (κ3) is 6.12. The monoisotopic (exact) mass is 532 g/mol. The summed E-state index contributed by atoms with van der Waals surface area (Å²) in [6.07, 6.45) is 2.39. The van der Waals surface area contributed by atoms with Gasteiger partial charge in [-0.3, -0.25) is 14.5 Å². The van der Waals surface area contributed by atoms with Gasteiger partial charge in [-0.1, -0.05) is 11.3 Å². The number of hydrogen-bond acceptors (Lipinski definition) is 9. The molecule has 1 saturated heterocycles. The third-order valence-electron chi connectivity index (χ3n) is 6.03. The Balaban J connectivity index is 1.29. The maximum atomic E-state index is 12.8. The molecule has 0 unspecified atom stereocenters. The van der Waals surface area contributed by atoms with Gasteiger partial charge in [0, 0.05) is 18.2 Å². The molecule has 36 heavy (non-hydrogen) atoms. The lowest BCUT2D eigenvalue weighted by atomic mass is 9.96. The van der Waals surface area contributed by atoms with Gasteiger partial charge in [0.2, 0.25) is 11.8 Å². The fourth-order valence-electron chi connectivity index (χ4n) is 4.04. The third-order valence-corrected chi connectivity index (χ3v) is 8.07. The Morgan fingerprint density at radius 1 is 1.08 bits per heavy atom. The molecule has 2 aromatic carbocycles. The second kappa shape index (κ2) is 10.8. The maximum absolute atomic E-state index is 12.8. The number of methoxy groups -OCH3 is 2. The first-order valence-corrected chi connectivity index (χ1v) is 14.0. The molecule has 0 spiro atoms. The molecule has 192 valence electrons. The molecule has 2 heterocycles. The molecule has 10 nitrogen and oxygen atoms in total. The van der Waals surface area contributed by atoms with E-state index in [1.165, 1.54) is 24.5 Å². The zero-order valence-electron chi connectivity index (χ0n) is 20.2. The standard InChI is InChI=1S/C24H28N4O6S2/c1-33-16-4-6-18(20(12-16)34-2)25-22(29)14-28-10-8-15(9-11-28)23(30)27-24-26-19-7-5-17(36(3,31)32)13-21(19)35-24/h4-7,12-13,15H,8-11,14H2,1-3H3,(H,25,29)(H,26,27,30). The number of benzene rings is 2. The van der Waals surface area contributed by atoms with Crippen molar-refractivity contribution in [1.82, 2.24) is 9.88 Å². The van der Waals surface area contributed by atoms with Crippen LogP contribution in [0.4, 0.5) is 10.8 Å². The van der Waals surface area contributed by atoms with Crippen molar-refractivity contribution in [3.05, 3.63) is 36.4 Å². The first kappa shape index (κ1) is 25.9. The Morgan fingerprint density at radius 3 is 2.50 bits per heavy atom. The molecule has 0 bridgehead atoms. The number of amides is 2. The summed E-state index contributed by atoms with van der Waals surface area (Å²) in [4.78, 5) is 32.0. The summed E-state index contributed by atoms with van der Waals surface area (Å²) in [7, 11) is -0.225. The number of carbonyl (C=O) groups excluding carboxylic acids is 2. The Labute approximate surface area is 213 Å². The average molecular weight is 533 g/mol. The van der Waals surface area contributed by atoms with E-state index in [1.54, 1.807) is 37.4 Å². The number of ether oxygens (including phenoxy) is 2. The van der Waals surface area contributed by atoms with Gasteiger partial charge in [0.15, 0.2) is 15.0 Å². The molecule has 12 heteroatoms. The Hall–Kier alpha value is -3.22. The van der Waals surface area contributed by atoms with Crippen LogP contribution in [0.25, 0.3) is 10.2 Å². The summed E-state index contributed by atoms with van der Waals surface area (Å²) in [5, 5.41) is 6.17. The molecule has 0 atom stereocenters. The molecule has 2 N–H and O–H groups in total. The van der Waals surface area contributed by atoms with E-state index in [2.05, 4.69) is 15.6 Å². The molecular formula is C24H28N4O6S2. The van der Waals surface area contributed by atoms with Crippen molar-refractivity contribution in [1.29, 1.82) is 0 Å². The number of thiazole rings is 1. The highest BCUT2D eigenvalue weighted by molar-refractivity contribution is 7.90. The van der Waals surface area contributed by atoms with Gasteiger partial charge in [-0.05, 0) is 56.3 Å². The van der Waals surface area contributed by atoms with Gasteiger partial charge in [0.1, 0.15) is 11.5 Å². The number of anilines is 2. The summed E-state index contributed by atoms with van der Waals surface area (Å²) in [5.74, 6) is 0.675. The van der Waals surface area contributed by atoms with E-state index in [-0.39, 0.29) is 29.2 Å². The van der Waals surface area contributed by atoms with Crippen LogP contribution in [0, 0.1) is 5.92 Å². The first-order chi connectivity index (χ1) is 17.2. The maximum Gasteiger partial charge on any atom is 0.238 e. The molecule has 2 amide bonds. The van der Waals surface area contributed by atoms with Gasteiger partial charge in [0.25, 0.3) is 0 Å². The molecule has 1 aliphatic rings. The van der Waals surface area contributed by atoms with E-state index in [0.29, 0.717) is 58.5 Å². The van der Waals surface area contributed by atoms with Crippen LogP contribution in [0.15, 0.2) is 41.3 Å². The van der Waals surface area contributed by atoms with E-state index < -0.39 is 9.84 Å². The lowest BCUT2D eigenvalue weighted by molar-refractivity contribution is -0.121. The number of rotatable bonds is 8. The molecule has 1 fully saturated rings. The number of nitrogens with zero attached hydrogens (tertiary/aromatic N) is 2. The second-order valence-corrected chi connectivity index (χ2v) is 11.6. The Morgan fingerprint density at radius 2 is 1.83 bits per heavy atom. The van der Waals surface area contributed by atoms with Crippen molar-refractivity contribution < 1.29 is 27.5 Å². The van der Waals surface area contributed by atoms with E-state index >= 15 is 0 Å². The number of carbonyl (C=O) groups is 2. The molecule has 3 aromatic rings. The highest BCUT2D eigenvalue weighted by Crippen LogP contribution is 2.30. The van der Waals surface area contributed by atoms with Crippen LogP contribution in [0.1, 0.15) is 12.8 Å². The summed E-state index contributed by atoms with van der Waals surface area (Å²) >= 11 is 1.25. The second-order valence-electron chi connectivity index (χ2n) is 8.57. The quantitative estimate of drug-likeness (QED) is 0.453. The minimum atomic E-state index is -3.32. The summed E-state index contributed by atoms with van der Waals surface area (Å²) in [6.45, 7) is 1.44. The summed E-state index contributed by atoms with van der Waals surface area (Å²) in [5.41, 5.74) is 1.20. The highest BCUT2D eigenvalue weighted by atomic mass is 32.2. The van der Waals surface area contributed by atoms with Crippen LogP contribution in [0.3, 0.4) is 0 Å². The molecule has 0 radical (unpaired) electrons. The van der Waals surface area contributed by atoms with Crippen molar-refractivity contribution in [2.75, 3.05) is 50.7 Å². The van der Waals surface area contributed by atoms with Crippen molar-refractivity contribution >= 4 is 54.0 Å². The first-order valence-electron chi connectivity index (χ1n) is 11.3. The Kier molecular flexibility index (Phi) is 7.76. The predicted octanol–water partition coefficient (Wildman–Crippen LogP) is 3.01. The number of sulfone groups is 1. The average Bonchev–Trinajstić information content (AvgIpc) is 3.25. The van der Waals surface area contributed by atoms with Crippen LogP contribution in [0.5, 0.6) is 11.5 Å². The molecular weight excluding hydrogens is 504 g/mol. The van der Waals surface area contributed by atoms with E-state index in [1.807, 2.05) is 4.90 Å². The topological polar surface area (TPSA) is 127 Å². The van der Waals surface area contributed by atoms with Crippen molar-refractivity contribution in [2.45, 2.75) is 17.7 Å². The lowest BCUT2D eigenvalue weighted by Crippen LogP contribution is -2.41. The van der Waals surface area contributed by atoms with E-state index in [9.17, 15) is 18.0 Å². The number of piperidine rings is 1. The molecule has 1 aliphatic heterocycles. The lowest BCUT2D eigenvalue weighted by Gasteiger charge is -2.30. The largest absolute Gasteiger partial charge is 0.497 e.